The molecule has 4 fully saturated rings. The fraction of sp³-hybridized carbons (Fsp3) is 0.587. The molecule has 0 bridgehead atoms. The Morgan fingerprint density at radius 1 is 0.984 bits per heavy atom. The maximum absolute atomic E-state index is 14.9. The minimum absolute atomic E-state index is 0.0337. The molecule has 5 heterocycles. The number of amides is 1. The summed E-state index contributed by atoms with van der Waals surface area (Å²) in [5.41, 5.74) is 1.93. The fourth-order valence-electron chi connectivity index (χ4n) is 9.85. The number of thiazole rings is 1. The number of methoxy groups -OCH3 is 1. The Bertz CT molecular complexity index is 2240. The van der Waals surface area contributed by atoms with Gasteiger partial charge in [-0.25, -0.2) is 9.97 Å². The minimum Gasteiger partial charge on any atom is -0.497 e. The van der Waals surface area contributed by atoms with Crippen LogP contribution in [0.3, 0.4) is 0 Å². The predicted octanol–water partition coefficient (Wildman–Crippen LogP) is 10.0. The van der Waals surface area contributed by atoms with Gasteiger partial charge in [0.15, 0.2) is 10.9 Å². The maximum atomic E-state index is 14.9. The number of carbonyl (C=O) groups excluding carboxylic acids is 3. The summed E-state index contributed by atoms with van der Waals surface area (Å²) in [6.07, 6.45) is 9.56. The number of aromatic nitrogens is 2. The Hall–Kier alpha value is -3.84. The lowest BCUT2D eigenvalue weighted by Crippen LogP contribution is -2.45. The molecule has 1 unspecified atom stereocenters. The third kappa shape index (κ3) is 10.0. The van der Waals surface area contributed by atoms with E-state index in [0.29, 0.717) is 41.2 Å². The number of esters is 1. The number of fused-ring (bicyclic) bond motifs is 3. The van der Waals surface area contributed by atoms with Crippen molar-refractivity contribution in [3.05, 3.63) is 52.0 Å². The van der Waals surface area contributed by atoms with E-state index >= 15 is 0 Å². The molecule has 328 valence electrons. The number of nitrogens with zero attached hydrogens (tertiary/aromatic N) is 3. The topological polar surface area (TPSA) is 157 Å². The van der Waals surface area contributed by atoms with Gasteiger partial charge in [0.2, 0.25) is 13.3 Å². The summed E-state index contributed by atoms with van der Waals surface area (Å²) in [4.78, 5) is 67.4. The summed E-state index contributed by atoms with van der Waals surface area (Å²) in [5, 5.41) is 7.70. The second-order valence-corrected chi connectivity index (χ2v) is 22.4. The highest BCUT2D eigenvalue weighted by Gasteiger charge is 2.65. The molecule has 1 aromatic carbocycles. The predicted molar refractivity (Wildman–Crippen MR) is 240 cm³/mol. The lowest BCUT2D eigenvalue weighted by molar-refractivity contribution is -0.154. The third-order valence-corrected chi connectivity index (χ3v) is 17.9. The first-order valence-electron chi connectivity index (χ1n) is 22.2. The van der Waals surface area contributed by atoms with Gasteiger partial charge in [0.25, 0.3) is 0 Å². The Kier molecular flexibility index (Phi) is 13.5. The monoisotopic (exact) mass is 890 g/mol. The number of nitrogens with one attached hydrogen (secondary N) is 1. The first-order chi connectivity index (χ1) is 29.4. The molecular weight excluding hydrogens is 832 g/mol. The third-order valence-electron chi connectivity index (χ3n) is 13.2. The molecule has 61 heavy (non-hydrogen) atoms. The van der Waals surface area contributed by atoms with E-state index in [1.807, 2.05) is 47.2 Å². The summed E-state index contributed by atoms with van der Waals surface area (Å²) < 4.78 is 32.8. The number of hydrogen-bond donors (Lipinski definition) is 2. The highest BCUT2D eigenvalue weighted by atomic mass is 32.1. The molecule has 2 saturated carbocycles. The average Bonchev–Trinajstić information content (AvgIpc) is 3.86. The molecule has 8 rings (SSSR count). The van der Waals surface area contributed by atoms with Crippen molar-refractivity contribution in [3.63, 3.8) is 0 Å². The molecule has 15 heteroatoms. The van der Waals surface area contributed by atoms with Crippen molar-refractivity contribution in [2.24, 2.45) is 11.8 Å². The van der Waals surface area contributed by atoms with Crippen LogP contribution < -0.4 is 14.8 Å². The highest BCUT2D eigenvalue weighted by molar-refractivity contribution is 7.59. The van der Waals surface area contributed by atoms with E-state index in [1.165, 1.54) is 22.7 Å². The van der Waals surface area contributed by atoms with Crippen LogP contribution >= 0.6 is 30.0 Å². The van der Waals surface area contributed by atoms with E-state index in [4.69, 9.17) is 24.2 Å². The fourth-order valence-corrected chi connectivity index (χ4v) is 14.5. The van der Waals surface area contributed by atoms with Gasteiger partial charge in [-0.2, -0.15) is 0 Å². The van der Waals surface area contributed by atoms with Crippen LogP contribution in [-0.2, 0) is 29.8 Å². The van der Waals surface area contributed by atoms with E-state index in [1.54, 1.807) is 12.0 Å². The van der Waals surface area contributed by atoms with Gasteiger partial charge in [0.1, 0.15) is 29.4 Å². The van der Waals surface area contributed by atoms with Gasteiger partial charge in [0, 0.05) is 52.6 Å². The van der Waals surface area contributed by atoms with Crippen LogP contribution in [0, 0.1) is 11.8 Å². The van der Waals surface area contributed by atoms with Gasteiger partial charge in [-0.3, -0.25) is 18.9 Å². The molecule has 4 aromatic rings. The van der Waals surface area contributed by atoms with Crippen molar-refractivity contribution in [2.75, 3.05) is 19.0 Å². The number of ether oxygens (including phenoxy) is 3. The summed E-state index contributed by atoms with van der Waals surface area (Å²) in [6.45, 7) is 4.24. The number of pyridine rings is 1. The Labute approximate surface area is 366 Å². The molecule has 0 spiro atoms. The van der Waals surface area contributed by atoms with Crippen LogP contribution in [0.15, 0.2) is 47.2 Å². The van der Waals surface area contributed by atoms with Gasteiger partial charge in [0.05, 0.1) is 48.6 Å². The van der Waals surface area contributed by atoms with Crippen molar-refractivity contribution >= 4 is 63.7 Å². The molecule has 2 N–H and O–H groups in total. The molecular formula is C46H59N4O8PS2. The molecule has 6 atom stereocenters. The van der Waals surface area contributed by atoms with Crippen LogP contribution in [0.2, 0.25) is 0 Å². The zero-order valence-corrected chi connectivity index (χ0v) is 38.0. The molecule has 3 aromatic heterocycles. The molecule has 2 aliphatic heterocycles. The maximum Gasteiger partial charge on any atom is 0.306 e. The number of anilines is 1. The van der Waals surface area contributed by atoms with Crippen LogP contribution in [-0.4, -0.2) is 80.5 Å². The highest BCUT2D eigenvalue weighted by Crippen LogP contribution is 2.75. The number of ketones is 1. The first-order valence-corrected chi connectivity index (χ1v) is 25.8. The van der Waals surface area contributed by atoms with Crippen molar-refractivity contribution < 1.29 is 38.1 Å². The second-order valence-electron chi connectivity index (χ2n) is 17.9. The van der Waals surface area contributed by atoms with E-state index in [9.17, 15) is 23.8 Å². The van der Waals surface area contributed by atoms with Crippen LogP contribution in [0.1, 0.15) is 115 Å². The van der Waals surface area contributed by atoms with E-state index in [2.05, 4.69) is 19.2 Å². The number of carbonyl (C=O) groups is 3. The Balaban J connectivity index is 1.12. The molecule has 1 amide bonds. The summed E-state index contributed by atoms with van der Waals surface area (Å²) >= 11 is 2.95. The molecule has 2 saturated heterocycles. The number of hydrogen-bond acceptors (Lipinski definition) is 12. The lowest BCUT2D eigenvalue weighted by atomic mass is 9.94. The lowest BCUT2D eigenvalue weighted by Gasteiger charge is -2.30. The second kappa shape index (κ2) is 18.9. The zero-order chi connectivity index (χ0) is 42.7. The minimum atomic E-state index is -3.84. The van der Waals surface area contributed by atoms with Crippen LogP contribution in [0.25, 0.3) is 22.3 Å². The Morgan fingerprint density at radius 3 is 2.51 bits per heavy atom. The standard InChI is InChI=1S/C46H59N4O8PS2/c1-29(2)47-45-49-39(28-61-45)38-23-42(36-18-17-33(56-3)21-37(36)48-38)57-34-22-40-41(51)25-46(59(54,55)27-35-16-11-19-60-35)24-31(46)13-8-6-4-5-7-12-30(44(53)50(40)26-34)20-43(52)58-32-14-9-10-15-32/h11,16-19,21,23,28-32,34,40H,4-10,12-15,20,22,24-27H2,1-3H3,(H,47,49)(H,54,55)/t30-,31+,34-,40+,46-/m1/s1. The van der Waals surface area contributed by atoms with Crippen molar-refractivity contribution in [2.45, 2.75) is 146 Å². The summed E-state index contributed by atoms with van der Waals surface area (Å²) in [6, 6.07) is 10.5. The van der Waals surface area contributed by atoms with Gasteiger partial charge in [-0.1, -0.05) is 38.2 Å². The molecule has 4 aliphatic rings. The average molecular weight is 891 g/mol. The summed E-state index contributed by atoms with van der Waals surface area (Å²) in [5.74, 6) is -0.363. The SMILES string of the molecule is COc1ccc2c(O[C@@H]3C[C@H]4C(=O)C[C@]5(P(=O)(O)Cc6cccs6)C[C@@H]5CCCCCCC[C@H](CC(=O)OC5CCCC5)C(=O)N4C3)cc(-c3csc(NC(C)C)n3)nc2c1. The van der Waals surface area contributed by atoms with Crippen molar-refractivity contribution in [3.8, 4) is 22.9 Å². The van der Waals surface area contributed by atoms with Gasteiger partial charge < -0.3 is 29.3 Å². The van der Waals surface area contributed by atoms with Crippen molar-refractivity contribution in [1.82, 2.24) is 14.9 Å². The zero-order valence-electron chi connectivity index (χ0n) is 35.5. The van der Waals surface area contributed by atoms with Crippen LogP contribution in [0.5, 0.6) is 11.5 Å². The van der Waals surface area contributed by atoms with E-state index in [-0.39, 0.29) is 67.7 Å². The Morgan fingerprint density at radius 2 is 1.75 bits per heavy atom. The number of rotatable bonds is 12. The van der Waals surface area contributed by atoms with Gasteiger partial charge in [-0.15, -0.1) is 22.7 Å². The quantitative estimate of drug-likeness (QED) is 0.103. The normalized spacial score (nSPS) is 26.3. The number of Topliss-reactive ketones (excluding diaryl/α,β-unsaturated/α-hetero) is 1. The van der Waals surface area contributed by atoms with Gasteiger partial charge in [-0.05, 0) is 88.3 Å². The van der Waals surface area contributed by atoms with E-state index < -0.39 is 30.6 Å². The molecule has 2 aliphatic carbocycles. The van der Waals surface area contributed by atoms with Crippen molar-refractivity contribution in [1.29, 1.82) is 0 Å². The van der Waals surface area contributed by atoms with Gasteiger partial charge >= 0.3 is 5.97 Å². The molecule has 12 nitrogen and oxygen atoms in total. The molecule has 0 radical (unpaired) electrons. The number of thiophene rings is 1. The summed E-state index contributed by atoms with van der Waals surface area (Å²) in [7, 11) is -2.24. The smallest absolute Gasteiger partial charge is 0.306 e. The van der Waals surface area contributed by atoms with E-state index in [0.717, 1.165) is 79.6 Å². The van der Waals surface area contributed by atoms with Crippen LogP contribution in [0.4, 0.5) is 5.13 Å². The largest absolute Gasteiger partial charge is 0.497 e. The first kappa shape index (κ1) is 43.8. The number of benzene rings is 1.